The zero-order chi connectivity index (χ0) is 17.4. The quantitative estimate of drug-likeness (QED) is 0.746. The first-order chi connectivity index (χ1) is 12.1. The molecule has 1 saturated carbocycles. The molecule has 1 aliphatic carbocycles. The summed E-state index contributed by atoms with van der Waals surface area (Å²) in [5, 5.41) is 2.49. The topological polar surface area (TPSA) is 55.1 Å². The summed E-state index contributed by atoms with van der Waals surface area (Å²) in [5.41, 5.74) is 0.958. The molecule has 0 unspecified atom stereocenters. The number of carbonyl (C=O) groups excluding carboxylic acids is 1. The van der Waals surface area contributed by atoms with Crippen molar-refractivity contribution in [1.29, 1.82) is 0 Å². The molecule has 0 atom stereocenters. The second-order valence-corrected chi connectivity index (χ2v) is 5.98. The van der Waals surface area contributed by atoms with Crippen molar-refractivity contribution in [3.05, 3.63) is 71.6 Å². The van der Waals surface area contributed by atoms with Gasteiger partial charge in [0.15, 0.2) is 5.69 Å². The second kappa shape index (κ2) is 6.12. The molecule has 1 fully saturated rings. The fraction of sp³-hybridized carbons (Fsp3) is 0.158. The third-order valence-electron chi connectivity index (χ3n) is 3.96. The summed E-state index contributed by atoms with van der Waals surface area (Å²) < 4.78 is 32.4. The number of nitrogens with one attached hydrogen (secondary N) is 1. The van der Waals surface area contributed by atoms with E-state index in [1.807, 2.05) is 30.3 Å². The van der Waals surface area contributed by atoms with Gasteiger partial charge < -0.3 is 9.73 Å². The first-order valence-corrected chi connectivity index (χ1v) is 7.94. The van der Waals surface area contributed by atoms with Gasteiger partial charge in [0.1, 0.15) is 17.4 Å². The Morgan fingerprint density at radius 1 is 1.08 bits per heavy atom. The van der Waals surface area contributed by atoms with Gasteiger partial charge in [-0.3, -0.25) is 4.79 Å². The van der Waals surface area contributed by atoms with Crippen LogP contribution in [0.3, 0.4) is 0 Å². The fourth-order valence-corrected chi connectivity index (χ4v) is 2.64. The van der Waals surface area contributed by atoms with E-state index in [1.165, 1.54) is 0 Å². The van der Waals surface area contributed by atoms with E-state index >= 15 is 0 Å². The van der Waals surface area contributed by atoms with Crippen molar-refractivity contribution in [3.63, 3.8) is 0 Å². The second-order valence-electron chi connectivity index (χ2n) is 5.98. The van der Waals surface area contributed by atoms with Gasteiger partial charge in [0, 0.05) is 23.2 Å². The largest absolute Gasteiger partial charge is 0.440 e. The molecule has 126 valence electrons. The van der Waals surface area contributed by atoms with E-state index in [0.717, 1.165) is 36.6 Å². The molecule has 0 spiro atoms. The summed E-state index contributed by atoms with van der Waals surface area (Å²) in [6.45, 7) is 0. The van der Waals surface area contributed by atoms with Gasteiger partial charge in [-0.15, -0.1) is 0 Å². The SMILES string of the molecule is O=C(Nc1cc(F)cc(F)c1)c1nc(-c2ccccc2)oc1C1CC1. The van der Waals surface area contributed by atoms with Crippen LogP contribution in [0, 0.1) is 11.6 Å². The highest BCUT2D eigenvalue weighted by Gasteiger charge is 2.34. The number of halogens is 2. The van der Waals surface area contributed by atoms with E-state index in [-0.39, 0.29) is 17.3 Å². The van der Waals surface area contributed by atoms with Gasteiger partial charge in [0.2, 0.25) is 5.89 Å². The van der Waals surface area contributed by atoms with Crippen LogP contribution in [0.4, 0.5) is 14.5 Å². The molecule has 25 heavy (non-hydrogen) atoms. The van der Waals surface area contributed by atoms with Crippen molar-refractivity contribution in [2.75, 3.05) is 5.32 Å². The molecule has 2 aromatic carbocycles. The summed E-state index contributed by atoms with van der Waals surface area (Å²) in [4.78, 5) is 16.9. The molecular formula is C19H14F2N2O2. The summed E-state index contributed by atoms with van der Waals surface area (Å²) in [7, 11) is 0. The van der Waals surface area contributed by atoms with Crippen molar-refractivity contribution in [2.24, 2.45) is 0 Å². The molecule has 0 aliphatic heterocycles. The fourth-order valence-electron chi connectivity index (χ4n) is 2.64. The standard InChI is InChI=1S/C19H14F2N2O2/c20-13-8-14(21)10-15(9-13)22-18(24)16-17(11-6-7-11)25-19(23-16)12-4-2-1-3-5-12/h1-5,8-11H,6-7H2,(H,22,24). The third-order valence-corrected chi connectivity index (χ3v) is 3.96. The minimum atomic E-state index is -0.761. The Balaban J connectivity index is 1.66. The Hall–Kier alpha value is -3.02. The number of aromatic nitrogens is 1. The number of hydrogen-bond acceptors (Lipinski definition) is 3. The monoisotopic (exact) mass is 340 g/mol. The van der Waals surface area contributed by atoms with E-state index in [4.69, 9.17) is 4.42 Å². The number of hydrogen-bond donors (Lipinski definition) is 1. The number of oxazole rings is 1. The molecule has 6 heteroatoms. The number of carbonyl (C=O) groups is 1. The maximum absolute atomic E-state index is 13.3. The predicted octanol–water partition coefficient (Wildman–Crippen LogP) is 4.75. The number of rotatable bonds is 4. The highest BCUT2D eigenvalue weighted by atomic mass is 19.1. The summed E-state index contributed by atoms with van der Waals surface area (Å²) in [6, 6.07) is 12.1. The number of amides is 1. The predicted molar refractivity (Wildman–Crippen MR) is 88.2 cm³/mol. The van der Waals surface area contributed by atoms with Crippen LogP contribution in [0.2, 0.25) is 0 Å². The van der Waals surface area contributed by atoms with Crippen LogP contribution in [0.25, 0.3) is 11.5 Å². The lowest BCUT2D eigenvalue weighted by Gasteiger charge is -2.04. The van der Waals surface area contributed by atoms with E-state index in [9.17, 15) is 13.6 Å². The van der Waals surface area contributed by atoms with Crippen molar-refractivity contribution in [3.8, 4) is 11.5 Å². The smallest absolute Gasteiger partial charge is 0.277 e. The van der Waals surface area contributed by atoms with Crippen molar-refractivity contribution >= 4 is 11.6 Å². The lowest BCUT2D eigenvalue weighted by Crippen LogP contribution is -2.14. The molecule has 1 N–H and O–H groups in total. The average Bonchev–Trinajstić information content (AvgIpc) is 3.33. The lowest BCUT2D eigenvalue weighted by molar-refractivity contribution is 0.102. The van der Waals surface area contributed by atoms with Crippen LogP contribution in [0.5, 0.6) is 0 Å². The summed E-state index contributed by atoms with van der Waals surface area (Å²) in [6.07, 6.45) is 1.86. The molecule has 1 amide bonds. The van der Waals surface area contributed by atoms with E-state index in [0.29, 0.717) is 11.7 Å². The molecule has 1 aromatic heterocycles. The molecule has 4 rings (SSSR count). The molecule has 4 nitrogen and oxygen atoms in total. The third kappa shape index (κ3) is 3.28. The Morgan fingerprint density at radius 2 is 1.76 bits per heavy atom. The molecule has 0 radical (unpaired) electrons. The Bertz CT molecular complexity index is 914. The molecule has 0 bridgehead atoms. The lowest BCUT2D eigenvalue weighted by atomic mass is 10.2. The highest BCUT2D eigenvalue weighted by molar-refractivity contribution is 6.04. The van der Waals surface area contributed by atoms with Crippen LogP contribution in [0.1, 0.15) is 35.0 Å². The first-order valence-electron chi connectivity index (χ1n) is 7.94. The van der Waals surface area contributed by atoms with Crippen LogP contribution in [0.15, 0.2) is 52.9 Å². The van der Waals surface area contributed by atoms with Crippen molar-refractivity contribution in [1.82, 2.24) is 4.98 Å². The van der Waals surface area contributed by atoms with Gasteiger partial charge in [-0.1, -0.05) is 18.2 Å². The zero-order valence-electron chi connectivity index (χ0n) is 13.1. The first kappa shape index (κ1) is 15.5. The van der Waals surface area contributed by atoms with Crippen LogP contribution >= 0.6 is 0 Å². The van der Waals surface area contributed by atoms with E-state index in [2.05, 4.69) is 10.3 Å². The van der Waals surface area contributed by atoms with Gasteiger partial charge >= 0.3 is 0 Å². The van der Waals surface area contributed by atoms with Crippen LogP contribution in [-0.2, 0) is 0 Å². The van der Waals surface area contributed by atoms with Crippen molar-refractivity contribution in [2.45, 2.75) is 18.8 Å². The van der Waals surface area contributed by atoms with Gasteiger partial charge in [-0.05, 0) is 37.1 Å². The number of benzene rings is 2. The van der Waals surface area contributed by atoms with Crippen LogP contribution in [-0.4, -0.2) is 10.9 Å². The minimum Gasteiger partial charge on any atom is -0.440 e. The maximum atomic E-state index is 13.3. The number of nitrogens with zero attached hydrogens (tertiary/aromatic N) is 1. The molecular weight excluding hydrogens is 326 g/mol. The molecule has 1 aliphatic rings. The Morgan fingerprint density at radius 3 is 2.40 bits per heavy atom. The molecule has 0 saturated heterocycles. The molecule has 3 aromatic rings. The van der Waals surface area contributed by atoms with Gasteiger partial charge in [0.05, 0.1) is 0 Å². The maximum Gasteiger partial charge on any atom is 0.277 e. The van der Waals surface area contributed by atoms with Crippen molar-refractivity contribution < 1.29 is 18.0 Å². The zero-order valence-corrected chi connectivity index (χ0v) is 13.1. The van der Waals surface area contributed by atoms with E-state index in [1.54, 1.807) is 0 Å². The average molecular weight is 340 g/mol. The summed E-state index contributed by atoms with van der Waals surface area (Å²) in [5.74, 6) is -1.02. The van der Waals surface area contributed by atoms with Gasteiger partial charge in [-0.2, -0.15) is 0 Å². The highest BCUT2D eigenvalue weighted by Crippen LogP contribution is 2.43. The Kier molecular flexibility index (Phi) is 3.80. The normalized spacial score (nSPS) is 13.7. The number of anilines is 1. The molecule has 1 heterocycles. The van der Waals surface area contributed by atoms with E-state index < -0.39 is 17.5 Å². The Labute approximate surface area is 142 Å². The summed E-state index contributed by atoms with van der Waals surface area (Å²) >= 11 is 0. The van der Waals surface area contributed by atoms with Gasteiger partial charge in [0.25, 0.3) is 5.91 Å². The van der Waals surface area contributed by atoms with Gasteiger partial charge in [-0.25, -0.2) is 13.8 Å². The minimum absolute atomic E-state index is 0.0357. The van der Waals surface area contributed by atoms with Crippen LogP contribution < -0.4 is 5.32 Å².